The Morgan fingerprint density at radius 2 is 0.922 bits per heavy atom. The van der Waals surface area contributed by atoms with Crippen LogP contribution >= 0.6 is 22.7 Å². The molecule has 0 saturated carbocycles. The highest BCUT2D eigenvalue weighted by Gasteiger charge is 2.24. The van der Waals surface area contributed by atoms with E-state index < -0.39 is 73.8 Å². The second-order valence-corrected chi connectivity index (χ2v) is 15.0. The van der Waals surface area contributed by atoms with Crippen molar-refractivity contribution in [3.05, 3.63) is 46.4 Å². The summed E-state index contributed by atoms with van der Waals surface area (Å²) in [5.41, 5.74) is 5.92. The first-order valence-electron chi connectivity index (χ1n) is 21.0. The van der Waals surface area contributed by atoms with E-state index in [-0.39, 0.29) is 37.3 Å². The fourth-order valence-corrected chi connectivity index (χ4v) is 7.11. The average Bonchev–Trinajstić information content (AvgIpc) is 4.00. The molecular weight excluding hydrogens is 869 g/mol. The fourth-order valence-electron chi connectivity index (χ4n) is 5.41. The molecular formula is C44H62N6O12S2. The molecule has 0 fully saturated rings. The van der Waals surface area contributed by atoms with Crippen LogP contribution in [0.3, 0.4) is 0 Å². The van der Waals surface area contributed by atoms with Crippen molar-refractivity contribution in [3.63, 3.8) is 0 Å². The lowest BCUT2D eigenvalue weighted by atomic mass is 9.98. The third kappa shape index (κ3) is 17.6. The first kappa shape index (κ1) is 56.0. The number of carbonyl (C=O) groups is 8. The van der Waals surface area contributed by atoms with Crippen molar-refractivity contribution in [2.24, 2.45) is 0 Å². The van der Waals surface area contributed by atoms with Crippen molar-refractivity contribution in [2.75, 3.05) is 66.7 Å². The van der Waals surface area contributed by atoms with Crippen molar-refractivity contribution in [2.45, 2.75) is 81.1 Å². The molecule has 0 aliphatic rings. The Balaban J connectivity index is 0.00000239. The van der Waals surface area contributed by atoms with Gasteiger partial charge in [-0.3, -0.25) is 28.8 Å². The smallest absolute Gasteiger partial charge is 0.407 e. The van der Waals surface area contributed by atoms with Gasteiger partial charge in [0.25, 0.3) is 0 Å². The normalized spacial score (nSPS) is 10.0. The number of esters is 2. The summed E-state index contributed by atoms with van der Waals surface area (Å²) in [4.78, 5) is 111. The predicted octanol–water partition coefficient (Wildman–Crippen LogP) is 7.07. The van der Waals surface area contributed by atoms with Crippen molar-refractivity contribution in [3.8, 4) is 11.1 Å². The number of hydrogen-bond acceptors (Lipinski definition) is 16. The van der Waals surface area contributed by atoms with E-state index in [1.165, 1.54) is 45.3 Å². The summed E-state index contributed by atoms with van der Waals surface area (Å²) >= 11 is 2.43. The summed E-state index contributed by atoms with van der Waals surface area (Å²) in [6, 6.07) is 6.56. The Bertz CT molecular complexity index is 2010. The quantitative estimate of drug-likeness (QED) is 0.0544. The highest BCUT2D eigenvalue weighted by Crippen LogP contribution is 2.38. The molecule has 4 amide bonds. The van der Waals surface area contributed by atoms with Crippen molar-refractivity contribution in [1.29, 1.82) is 0 Å². The van der Waals surface area contributed by atoms with E-state index in [4.69, 9.17) is 9.47 Å². The third-order valence-electron chi connectivity index (χ3n) is 8.06. The Morgan fingerprint density at radius 1 is 0.578 bits per heavy atom. The topological polar surface area (TPSA) is 230 Å². The number of ketones is 2. The zero-order valence-corrected chi connectivity index (χ0v) is 40.1. The van der Waals surface area contributed by atoms with Gasteiger partial charge in [-0.1, -0.05) is 80.4 Å². The van der Waals surface area contributed by atoms with Gasteiger partial charge < -0.3 is 39.4 Å². The number of benzene rings is 2. The molecule has 2 aromatic carbocycles. The number of carbonyl (C=O) groups excluding carboxylic acids is 8. The molecule has 4 rings (SSSR count). The molecule has 0 aliphatic carbocycles. The van der Waals surface area contributed by atoms with Gasteiger partial charge in [-0.2, -0.15) is 0 Å². The van der Waals surface area contributed by atoms with Crippen LogP contribution < -0.4 is 10.6 Å². The van der Waals surface area contributed by atoms with Crippen molar-refractivity contribution >= 4 is 90.6 Å². The van der Waals surface area contributed by atoms with Gasteiger partial charge in [0.15, 0.2) is 13.2 Å². The van der Waals surface area contributed by atoms with E-state index in [1.807, 2.05) is 27.7 Å². The second kappa shape index (κ2) is 30.9. The maximum absolute atomic E-state index is 13.3. The Morgan fingerprint density at radius 3 is 1.23 bits per heavy atom. The Labute approximate surface area is 382 Å². The number of nitrogens with zero attached hydrogens (tertiary/aromatic N) is 4. The van der Waals surface area contributed by atoms with Gasteiger partial charge in [-0.25, -0.2) is 19.6 Å². The van der Waals surface area contributed by atoms with Gasteiger partial charge in [0.2, 0.25) is 23.4 Å². The molecule has 0 radical (unpaired) electrons. The molecule has 352 valence electrons. The lowest BCUT2D eigenvalue weighted by Gasteiger charge is -2.21. The van der Waals surface area contributed by atoms with Crippen LogP contribution in [0, 0.1) is 0 Å². The lowest BCUT2D eigenvalue weighted by molar-refractivity contribution is -0.148. The largest absolute Gasteiger partial charge is 0.456 e. The van der Waals surface area contributed by atoms with Gasteiger partial charge in [0, 0.05) is 35.3 Å². The fraction of sp³-hybridized carbons (Fsp3) is 0.500. The number of ether oxygens (including phenoxy) is 4. The van der Waals surface area contributed by atoms with E-state index in [0.717, 1.165) is 14.2 Å². The number of Topliss-reactive ketones (excluding diaryl/α,β-unsaturated/α-hetero) is 2. The first-order chi connectivity index (χ1) is 30.7. The molecule has 0 unspecified atom stereocenters. The predicted molar refractivity (Wildman–Crippen MR) is 247 cm³/mol. The van der Waals surface area contributed by atoms with Crippen LogP contribution in [0.5, 0.6) is 0 Å². The number of aromatic nitrogens is 2. The number of fused-ring (bicyclic) bond motifs is 2. The molecule has 0 saturated heterocycles. The molecule has 2 N–H and O–H groups in total. The summed E-state index contributed by atoms with van der Waals surface area (Å²) in [5, 5.41) is 4.54. The van der Waals surface area contributed by atoms with Crippen LogP contribution in [-0.4, -0.2) is 134 Å². The van der Waals surface area contributed by atoms with Gasteiger partial charge in [0.05, 0.1) is 45.7 Å². The molecule has 2 aromatic heterocycles. The minimum Gasteiger partial charge on any atom is -0.456 e. The van der Waals surface area contributed by atoms with E-state index >= 15 is 0 Å². The van der Waals surface area contributed by atoms with Crippen LogP contribution in [0.1, 0.15) is 102 Å². The van der Waals surface area contributed by atoms with Gasteiger partial charge in [0.1, 0.15) is 26.2 Å². The number of methoxy groups -OCH3 is 2. The third-order valence-corrected chi connectivity index (χ3v) is 9.78. The minimum absolute atomic E-state index is 0.226. The van der Waals surface area contributed by atoms with Crippen LogP contribution in [-0.2, 0) is 38.1 Å². The highest BCUT2D eigenvalue weighted by atomic mass is 32.1. The number of amides is 4. The standard InChI is InChI=1S/C36H40N6O12S2.2C3H8.C2H6/c1-5-11-41(27(45)13-37-35(49)51-3)15-29(47)53-17-25(43)23-9-7-21(31-33(23)55-19-39-31)22-8-10-24(34-32(22)40-20-56-34)26(44)18-54-30(48)16-42(12-6-2)28(46)14-38-36(50)52-4;2*1-3-2;1-2/h7-10,19-20H,5-6,11-18H2,1-4H3,(H,37,49)(H,38,50);2*3H2,1-2H3;1-2H3. The maximum Gasteiger partial charge on any atom is 0.407 e. The average molecular weight is 931 g/mol. The van der Waals surface area contributed by atoms with Crippen LogP contribution in [0.2, 0.25) is 0 Å². The monoisotopic (exact) mass is 930 g/mol. The molecule has 4 aromatic rings. The lowest BCUT2D eigenvalue weighted by Crippen LogP contribution is -2.43. The highest BCUT2D eigenvalue weighted by molar-refractivity contribution is 7.17. The summed E-state index contributed by atoms with van der Waals surface area (Å²) in [7, 11) is 2.32. The number of rotatable bonds is 19. The molecule has 0 atom stereocenters. The summed E-state index contributed by atoms with van der Waals surface area (Å²) in [5.74, 6) is -3.63. The number of hydrogen-bond donors (Lipinski definition) is 2. The number of thiazole rings is 2. The second-order valence-electron chi connectivity index (χ2n) is 13.3. The maximum atomic E-state index is 13.3. The van der Waals surface area contributed by atoms with Gasteiger partial charge in [-0.15, -0.1) is 22.7 Å². The van der Waals surface area contributed by atoms with E-state index in [0.29, 0.717) is 44.4 Å². The Kier molecular flexibility index (Phi) is 27.1. The van der Waals surface area contributed by atoms with Crippen molar-refractivity contribution < 1.29 is 57.3 Å². The van der Waals surface area contributed by atoms with Crippen LogP contribution in [0.15, 0.2) is 35.3 Å². The molecule has 18 nitrogen and oxygen atoms in total. The van der Waals surface area contributed by atoms with E-state index in [9.17, 15) is 38.4 Å². The van der Waals surface area contributed by atoms with E-state index in [2.05, 4.69) is 57.8 Å². The zero-order valence-electron chi connectivity index (χ0n) is 38.5. The molecule has 0 bridgehead atoms. The van der Waals surface area contributed by atoms with Gasteiger partial charge >= 0.3 is 24.1 Å². The SMILES string of the molecule is CC.CCC.CCC.CCCN(CC(=O)OCC(=O)c1ccc(-c2ccc(C(=O)COC(=O)CN(CCC)C(=O)CNC(=O)OC)c3scnc23)c2ncsc12)C(=O)CNC(=O)OC. The molecule has 0 spiro atoms. The first-order valence-corrected chi connectivity index (χ1v) is 22.8. The summed E-state index contributed by atoms with van der Waals surface area (Å²) in [6.07, 6.45) is 1.99. The molecule has 0 aliphatic heterocycles. The minimum atomic E-state index is -0.802. The number of nitrogens with one attached hydrogen (secondary N) is 2. The van der Waals surface area contributed by atoms with Gasteiger partial charge in [-0.05, 0) is 25.0 Å². The summed E-state index contributed by atoms with van der Waals surface area (Å²) in [6.45, 7) is 13.8. The zero-order chi connectivity index (χ0) is 48.2. The molecule has 2 heterocycles. The van der Waals surface area contributed by atoms with Crippen LogP contribution in [0.4, 0.5) is 9.59 Å². The summed E-state index contributed by atoms with van der Waals surface area (Å²) < 4.78 is 20.5. The Hall–Kier alpha value is -6.02. The molecule has 20 heteroatoms. The molecule has 64 heavy (non-hydrogen) atoms. The van der Waals surface area contributed by atoms with Crippen molar-refractivity contribution in [1.82, 2.24) is 30.4 Å². The number of alkyl carbamates (subject to hydrolysis) is 2. The van der Waals surface area contributed by atoms with E-state index in [1.54, 1.807) is 35.3 Å². The van der Waals surface area contributed by atoms with Crippen LogP contribution in [0.25, 0.3) is 31.6 Å².